The maximum Gasteiger partial charge on any atom is 0.311 e. The first-order valence-corrected chi connectivity index (χ1v) is 7.28. The molecule has 0 aliphatic rings. The largest absolute Gasteiger partial charge is 0.465 e. The van der Waals surface area contributed by atoms with E-state index in [2.05, 4.69) is 27.7 Å². The second-order valence-corrected chi connectivity index (χ2v) is 5.26. The summed E-state index contributed by atoms with van der Waals surface area (Å²) in [4.78, 5) is 12.1. The van der Waals surface area contributed by atoms with Gasteiger partial charge in [-0.1, -0.05) is 52.9 Å². The highest BCUT2D eigenvalue weighted by molar-refractivity contribution is 5.76. The molecule has 102 valence electrons. The summed E-state index contributed by atoms with van der Waals surface area (Å²) in [7, 11) is 0. The van der Waals surface area contributed by atoms with Crippen LogP contribution in [-0.2, 0) is 9.53 Å². The average Bonchev–Trinajstić information content (AvgIpc) is 2.34. The molecule has 0 saturated heterocycles. The number of carbonyl (C=O) groups is 1. The monoisotopic (exact) mass is 242 g/mol. The Balaban J connectivity index is 4.26. The summed E-state index contributed by atoms with van der Waals surface area (Å²) < 4.78 is 5.40. The molecule has 0 N–H and O–H groups in total. The van der Waals surface area contributed by atoms with E-state index in [0.29, 0.717) is 6.61 Å². The molecule has 0 aliphatic heterocycles. The zero-order valence-corrected chi connectivity index (χ0v) is 12.2. The van der Waals surface area contributed by atoms with Crippen molar-refractivity contribution in [3.63, 3.8) is 0 Å². The van der Waals surface area contributed by atoms with E-state index < -0.39 is 0 Å². The van der Waals surface area contributed by atoms with Gasteiger partial charge in [-0.3, -0.25) is 4.79 Å². The van der Waals surface area contributed by atoms with Crippen molar-refractivity contribution < 1.29 is 9.53 Å². The molecule has 0 bridgehead atoms. The van der Waals surface area contributed by atoms with Crippen LogP contribution in [0.1, 0.15) is 79.1 Å². The Labute approximate surface area is 107 Å². The van der Waals surface area contributed by atoms with E-state index in [1.54, 1.807) is 0 Å². The number of esters is 1. The number of ether oxygens (including phenoxy) is 1. The van der Waals surface area contributed by atoms with E-state index in [1.165, 1.54) is 0 Å². The number of unbranched alkanes of at least 4 members (excludes halogenated alkanes) is 3. The van der Waals surface area contributed by atoms with Crippen LogP contribution in [0.25, 0.3) is 0 Å². The fourth-order valence-electron chi connectivity index (χ4n) is 1.95. The molecule has 0 aromatic carbocycles. The van der Waals surface area contributed by atoms with Crippen LogP contribution in [-0.4, -0.2) is 12.6 Å². The first kappa shape index (κ1) is 16.5. The van der Waals surface area contributed by atoms with E-state index >= 15 is 0 Å². The Morgan fingerprint density at radius 1 is 0.941 bits per heavy atom. The van der Waals surface area contributed by atoms with E-state index in [0.717, 1.165) is 51.4 Å². The standard InChI is InChI=1S/C15H30O2/c1-5-8-11-15(4,12-9-6-2)14(16)17-13-10-7-3/h5-13H2,1-4H3. The minimum atomic E-state index is -0.250. The molecule has 0 unspecified atom stereocenters. The summed E-state index contributed by atoms with van der Waals surface area (Å²) in [5, 5.41) is 0. The third-order valence-corrected chi connectivity index (χ3v) is 3.39. The maximum absolute atomic E-state index is 12.1. The van der Waals surface area contributed by atoms with Gasteiger partial charge < -0.3 is 4.74 Å². The van der Waals surface area contributed by atoms with Crippen molar-refractivity contribution in [2.24, 2.45) is 5.41 Å². The third-order valence-electron chi connectivity index (χ3n) is 3.39. The molecule has 0 radical (unpaired) electrons. The summed E-state index contributed by atoms with van der Waals surface area (Å²) in [5.41, 5.74) is -0.250. The summed E-state index contributed by atoms with van der Waals surface area (Å²) in [6.07, 6.45) is 8.50. The molecule has 0 heterocycles. The van der Waals surface area contributed by atoms with Gasteiger partial charge >= 0.3 is 5.97 Å². The van der Waals surface area contributed by atoms with Crippen LogP contribution in [0.3, 0.4) is 0 Å². The van der Waals surface area contributed by atoms with Gasteiger partial charge in [0.2, 0.25) is 0 Å². The molecular formula is C15H30O2. The second kappa shape index (κ2) is 9.49. The van der Waals surface area contributed by atoms with Gasteiger partial charge in [-0.05, 0) is 26.2 Å². The first-order valence-electron chi connectivity index (χ1n) is 7.28. The second-order valence-electron chi connectivity index (χ2n) is 5.26. The lowest BCUT2D eigenvalue weighted by Crippen LogP contribution is -2.30. The number of carbonyl (C=O) groups excluding carboxylic acids is 1. The van der Waals surface area contributed by atoms with Crippen LogP contribution in [0.4, 0.5) is 0 Å². The van der Waals surface area contributed by atoms with Crippen LogP contribution in [0.2, 0.25) is 0 Å². The lowest BCUT2D eigenvalue weighted by Gasteiger charge is -2.27. The molecule has 0 rings (SSSR count). The normalized spacial score (nSPS) is 11.5. The van der Waals surface area contributed by atoms with Crippen molar-refractivity contribution in [2.45, 2.75) is 79.1 Å². The minimum absolute atomic E-state index is 0.0212. The van der Waals surface area contributed by atoms with Gasteiger partial charge in [-0.2, -0.15) is 0 Å². The van der Waals surface area contributed by atoms with Crippen molar-refractivity contribution in [3.05, 3.63) is 0 Å². The number of hydrogen-bond acceptors (Lipinski definition) is 2. The van der Waals surface area contributed by atoms with Crippen molar-refractivity contribution in [3.8, 4) is 0 Å². The Hall–Kier alpha value is -0.530. The lowest BCUT2D eigenvalue weighted by molar-refractivity contribution is -0.156. The van der Waals surface area contributed by atoms with E-state index in [-0.39, 0.29) is 11.4 Å². The van der Waals surface area contributed by atoms with Gasteiger partial charge in [0.05, 0.1) is 12.0 Å². The predicted octanol–water partition coefficient (Wildman–Crippen LogP) is 4.72. The van der Waals surface area contributed by atoms with Gasteiger partial charge in [-0.25, -0.2) is 0 Å². The van der Waals surface area contributed by atoms with Crippen molar-refractivity contribution >= 4 is 5.97 Å². The summed E-state index contributed by atoms with van der Waals surface area (Å²) in [6, 6.07) is 0. The molecule has 0 spiro atoms. The Morgan fingerprint density at radius 3 is 1.82 bits per heavy atom. The van der Waals surface area contributed by atoms with Gasteiger partial charge in [0.25, 0.3) is 0 Å². The molecule has 0 amide bonds. The van der Waals surface area contributed by atoms with Crippen LogP contribution < -0.4 is 0 Å². The summed E-state index contributed by atoms with van der Waals surface area (Å²) >= 11 is 0. The molecule has 2 heteroatoms. The molecule has 2 nitrogen and oxygen atoms in total. The first-order chi connectivity index (χ1) is 8.10. The predicted molar refractivity (Wildman–Crippen MR) is 73.0 cm³/mol. The van der Waals surface area contributed by atoms with Gasteiger partial charge in [0.15, 0.2) is 0 Å². The molecule has 0 aromatic rings. The maximum atomic E-state index is 12.1. The zero-order chi connectivity index (χ0) is 13.1. The molecule has 0 aromatic heterocycles. The molecular weight excluding hydrogens is 212 g/mol. The summed E-state index contributed by atoms with van der Waals surface area (Å²) in [6.45, 7) is 9.11. The fourth-order valence-corrected chi connectivity index (χ4v) is 1.95. The Kier molecular flexibility index (Phi) is 9.20. The highest BCUT2D eigenvalue weighted by atomic mass is 16.5. The van der Waals surface area contributed by atoms with Crippen molar-refractivity contribution in [1.82, 2.24) is 0 Å². The smallest absolute Gasteiger partial charge is 0.311 e. The van der Waals surface area contributed by atoms with Crippen LogP contribution in [0.15, 0.2) is 0 Å². The lowest BCUT2D eigenvalue weighted by atomic mass is 9.80. The molecule has 0 fully saturated rings. The molecule has 17 heavy (non-hydrogen) atoms. The fraction of sp³-hybridized carbons (Fsp3) is 0.933. The minimum Gasteiger partial charge on any atom is -0.465 e. The quantitative estimate of drug-likeness (QED) is 0.409. The SMILES string of the molecule is CCCCOC(=O)C(C)(CCCC)CCCC. The zero-order valence-electron chi connectivity index (χ0n) is 12.2. The van der Waals surface area contributed by atoms with E-state index in [9.17, 15) is 4.79 Å². The van der Waals surface area contributed by atoms with Crippen LogP contribution >= 0.6 is 0 Å². The Bertz CT molecular complexity index is 191. The summed E-state index contributed by atoms with van der Waals surface area (Å²) in [5.74, 6) is 0.0212. The van der Waals surface area contributed by atoms with Crippen molar-refractivity contribution in [1.29, 1.82) is 0 Å². The van der Waals surface area contributed by atoms with Crippen LogP contribution in [0, 0.1) is 5.41 Å². The average molecular weight is 242 g/mol. The van der Waals surface area contributed by atoms with Crippen molar-refractivity contribution in [2.75, 3.05) is 6.61 Å². The van der Waals surface area contributed by atoms with E-state index in [1.807, 2.05) is 0 Å². The topological polar surface area (TPSA) is 26.3 Å². The molecule has 0 saturated carbocycles. The highest BCUT2D eigenvalue weighted by Crippen LogP contribution is 2.32. The third kappa shape index (κ3) is 6.70. The van der Waals surface area contributed by atoms with Gasteiger partial charge in [0.1, 0.15) is 0 Å². The van der Waals surface area contributed by atoms with Gasteiger partial charge in [-0.15, -0.1) is 0 Å². The van der Waals surface area contributed by atoms with E-state index in [4.69, 9.17) is 4.74 Å². The molecule has 0 atom stereocenters. The number of hydrogen-bond donors (Lipinski definition) is 0. The number of rotatable bonds is 10. The van der Waals surface area contributed by atoms with Crippen LogP contribution in [0.5, 0.6) is 0 Å². The molecule has 0 aliphatic carbocycles. The Morgan fingerprint density at radius 2 is 1.41 bits per heavy atom. The van der Waals surface area contributed by atoms with Gasteiger partial charge in [0, 0.05) is 0 Å². The highest BCUT2D eigenvalue weighted by Gasteiger charge is 2.33.